The van der Waals surface area contributed by atoms with Crippen molar-refractivity contribution in [3.05, 3.63) is 125 Å². The van der Waals surface area contributed by atoms with Crippen LogP contribution >= 0.6 is 11.3 Å². The van der Waals surface area contributed by atoms with Crippen molar-refractivity contribution in [3.8, 4) is 0 Å². The van der Waals surface area contributed by atoms with Crippen LogP contribution in [0.15, 0.2) is 96.9 Å². The van der Waals surface area contributed by atoms with Crippen molar-refractivity contribution in [2.75, 3.05) is 9.80 Å². The molecule has 0 saturated heterocycles. The highest BCUT2D eigenvalue weighted by atomic mass is 32.1. The Labute approximate surface area is 332 Å². The van der Waals surface area contributed by atoms with Gasteiger partial charge in [0.15, 0.2) is 0 Å². The SMILES string of the molecule is [2H]c1c([2H])c(C(C)(C)C)c([2H])c([2H])c1N1c2ccc(C(C)(C)C)cc2B2c3sc4c([2H])c([2H])c(C(C)(C)C)c([2H])c4c3N(c3ccc(C(C)(C)C)cc3)c3cc(C)cc1c32. The lowest BCUT2D eigenvalue weighted by Gasteiger charge is -2.44. The second-order valence-electron chi connectivity index (χ2n) is 19.1. The summed E-state index contributed by atoms with van der Waals surface area (Å²) >= 11 is 1.49. The fourth-order valence-electron chi connectivity index (χ4n) is 7.68. The van der Waals surface area contributed by atoms with Crippen LogP contribution in [0.1, 0.15) is 120 Å². The van der Waals surface area contributed by atoms with E-state index < -0.39 is 10.8 Å². The van der Waals surface area contributed by atoms with Crippen LogP contribution in [0.5, 0.6) is 0 Å². The molecule has 0 N–H and O–H groups in total. The molecule has 0 fully saturated rings. The van der Waals surface area contributed by atoms with Crippen LogP contribution in [0.2, 0.25) is 0 Å². The van der Waals surface area contributed by atoms with Crippen molar-refractivity contribution < 1.29 is 9.60 Å². The van der Waals surface area contributed by atoms with Gasteiger partial charge in [0, 0.05) is 43.3 Å². The number of thiophene rings is 1. The van der Waals surface area contributed by atoms with Gasteiger partial charge in [-0.1, -0.05) is 125 Å². The number of anilines is 6. The highest BCUT2D eigenvalue weighted by Gasteiger charge is 2.46. The molecule has 0 aliphatic carbocycles. The van der Waals surface area contributed by atoms with Gasteiger partial charge in [0.05, 0.1) is 15.3 Å². The molecule has 6 aromatic rings. The lowest BCUT2D eigenvalue weighted by Crippen LogP contribution is -2.60. The quantitative estimate of drug-likeness (QED) is 0.164. The molecule has 0 saturated carbocycles. The monoisotopic (exact) mass is 721 g/mol. The van der Waals surface area contributed by atoms with E-state index in [1.165, 1.54) is 16.9 Å². The molecule has 0 bridgehead atoms. The van der Waals surface area contributed by atoms with Gasteiger partial charge in [-0.3, -0.25) is 0 Å². The molecule has 0 spiro atoms. The average molecular weight is 722 g/mol. The third-order valence-electron chi connectivity index (χ3n) is 10.8. The zero-order chi connectivity index (χ0) is 44.1. The van der Waals surface area contributed by atoms with Gasteiger partial charge in [0.1, 0.15) is 0 Å². The van der Waals surface area contributed by atoms with Gasteiger partial charge in [-0.05, 0) is 122 Å². The van der Waals surface area contributed by atoms with Gasteiger partial charge in [0.25, 0.3) is 6.71 Å². The summed E-state index contributed by atoms with van der Waals surface area (Å²) in [4.78, 5) is 4.20. The van der Waals surface area contributed by atoms with Crippen LogP contribution in [0, 0.1) is 6.92 Å². The van der Waals surface area contributed by atoms with Gasteiger partial charge in [-0.25, -0.2) is 0 Å². The molecule has 270 valence electrons. The largest absolute Gasteiger partial charge is 0.311 e. The van der Waals surface area contributed by atoms with Crippen molar-refractivity contribution in [1.29, 1.82) is 0 Å². The number of hydrogen-bond acceptors (Lipinski definition) is 3. The van der Waals surface area contributed by atoms with E-state index >= 15 is 0 Å². The molecule has 8 rings (SSSR count). The van der Waals surface area contributed by atoms with E-state index in [1.807, 2.05) is 53.4 Å². The van der Waals surface area contributed by atoms with E-state index in [9.17, 15) is 9.60 Å². The molecule has 0 radical (unpaired) electrons. The van der Waals surface area contributed by atoms with Crippen LogP contribution in [0.3, 0.4) is 0 Å². The number of nitrogens with zero attached hydrogens (tertiary/aromatic N) is 2. The predicted octanol–water partition coefficient (Wildman–Crippen LogP) is 12.5. The van der Waals surface area contributed by atoms with E-state index in [4.69, 9.17) is 0 Å². The summed E-state index contributed by atoms with van der Waals surface area (Å²) in [6.07, 6.45) is 0. The highest BCUT2D eigenvalue weighted by Crippen LogP contribution is 2.49. The molecular formula is C49H55BN2S. The second-order valence-corrected chi connectivity index (χ2v) is 20.2. The number of hydrogen-bond donors (Lipinski definition) is 0. The summed E-state index contributed by atoms with van der Waals surface area (Å²) in [6, 6.07) is 19.5. The van der Waals surface area contributed by atoms with Crippen molar-refractivity contribution >= 4 is 78.0 Å². The number of rotatable bonds is 2. The smallest absolute Gasteiger partial charge is 0.264 e. The minimum Gasteiger partial charge on any atom is -0.311 e. The van der Waals surface area contributed by atoms with E-state index in [0.717, 1.165) is 55.3 Å². The Kier molecular flexibility index (Phi) is 6.31. The molecule has 53 heavy (non-hydrogen) atoms. The molecule has 2 nitrogen and oxygen atoms in total. The Morgan fingerprint density at radius 1 is 0.547 bits per heavy atom. The Hall–Kier alpha value is -4.28. The van der Waals surface area contributed by atoms with Crippen LogP contribution in [0.4, 0.5) is 34.1 Å². The summed E-state index contributed by atoms with van der Waals surface area (Å²) in [5.41, 5.74) is 8.95. The zero-order valence-corrected chi connectivity index (χ0v) is 34.4. The summed E-state index contributed by atoms with van der Waals surface area (Å²) in [5, 5.41) is 0.669. The molecular weight excluding hydrogens is 659 g/mol. The molecule has 5 aromatic carbocycles. The topological polar surface area (TPSA) is 6.48 Å². The third-order valence-corrected chi connectivity index (χ3v) is 11.9. The van der Waals surface area contributed by atoms with Crippen LogP contribution in [-0.2, 0) is 21.7 Å². The van der Waals surface area contributed by atoms with Gasteiger partial charge < -0.3 is 9.80 Å². The van der Waals surface area contributed by atoms with E-state index in [1.54, 1.807) is 0 Å². The predicted molar refractivity (Wildman–Crippen MR) is 235 cm³/mol. The number of fused-ring (bicyclic) bond motifs is 6. The van der Waals surface area contributed by atoms with E-state index in [-0.39, 0.29) is 65.5 Å². The standard InChI is InChI=1S/C49H55BN2S/c1-30-26-40-43-41(27-30)52(36-22-16-32(17-23-36)47(5,6)7)44-37-28-33(48(8,9)10)19-25-42(37)53-45(44)50(43)38-29-34(49(11,12)13)18-24-39(38)51(40)35-20-14-31(15-21-35)46(2,3)4/h14-29H,1-13H3/i14D,15D,19D,20D,21D,25D,28D. The van der Waals surface area contributed by atoms with E-state index in [0.29, 0.717) is 21.2 Å². The minimum atomic E-state index is -0.618. The lowest BCUT2D eigenvalue weighted by atomic mass is 9.36. The number of benzene rings is 5. The first-order valence-electron chi connectivity index (χ1n) is 22.3. The summed E-state index contributed by atoms with van der Waals surface area (Å²) in [6.45, 7) is 26.6. The maximum absolute atomic E-state index is 9.91. The van der Waals surface area contributed by atoms with Crippen LogP contribution < -0.4 is 25.5 Å². The molecule has 3 heterocycles. The normalized spacial score (nSPS) is 16.2. The molecule has 2 aliphatic rings. The van der Waals surface area contributed by atoms with Crippen molar-refractivity contribution in [3.63, 3.8) is 0 Å². The molecule has 0 amide bonds. The van der Waals surface area contributed by atoms with Crippen LogP contribution in [0.25, 0.3) is 10.1 Å². The summed E-state index contributed by atoms with van der Waals surface area (Å²) in [7, 11) is 0. The van der Waals surface area contributed by atoms with Gasteiger partial charge >= 0.3 is 0 Å². The molecule has 1 aromatic heterocycles. The Bertz CT molecular complexity index is 2770. The van der Waals surface area contributed by atoms with E-state index in [2.05, 4.69) is 101 Å². The van der Waals surface area contributed by atoms with Gasteiger partial charge in [0.2, 0.25) is 0 Å². The highest BCUT2D eigenvalue weighted by molar-refractivity contribution is 7.33. The Balaban J connectivity index is 1.57. The van der Waals surface area contributed by atoms with Crippen molar-refractivity contribution in [1.82, 2.24) is 0 Å². The van der Waals surface area contributed by atoms with Crippen molar-refractivity contribution in [2.24, 2.45) is 0 Å². The molecule has 2 aliphatic heterocycles. The summed E-state index contributed by atoms with van der Waals surface area (Å²) in [5.74, 6) is 0. The maximum atomic E-state index is 9.91. The Morgan fingerprint density at radius 2 is 1.09 bits per heavy atom. The first-order valence-corrected chi connectivity index (χ1v) is 19.6. The molecule has 0 atom stereocenters. The Morgan fingerprint density at radius 3 is 1.68 bits per heavy atom. The fraction of sp³-hybridized carbons (Fsp3) is 0.347. The number of aryl methyl sites for hydroxylation is 1. The van der Waals surface area contributed by atoms with Crippen LogP contribution in [-0.4, -0.2) is 6.71 Å². The fourth-order valence-corrected chi connectivity index (χ4v) is 8.91. The minimum absolute atomic E-state index is 0.0471. The first kappa shape index (κ1) is 28.2. The summed E-state index contributed by atoms with van der Waals surface area (Å²) < 4.78 is 68.1. The molecule has 4 heteroatoms. The average Bonchev–Trinajstić information content (AvgIpc) is 3.52. The van der Waals surface area contributed by atoms with Gasteiger partial charge in [-0.15, -0.1) is 11.3 Å². The first-order chi connectivity index (χ1) is 27.7. The zero-order valence-electron chi connectivity index (χ0n) is 40.6. The lowest BCUT2D eigenvalue weighted by molar-refractivity contribution is 0.590. The molecule has 0 unspecified atom stereocenters. The van der Waals surface area contributed by atoms with Gasteiger partial charge in [-0.2, -0.15) is 0 Å². The third kappa shape index (κ3) is 5.93. The van der Waals surface area contributed by atoms with Crippen molar-refractivity contribution in [2.45, 2.75) is 112 Å². The second kappa shape index (κ2) is 11.9. The maximum Gasteiger partial charge on any atom is 0.264 e.